The summed E-state index contributed by atoms with van der Waals surface area (Å²) in [5, 5.41) is 12.4. The first-order valence-electron chi connectivity index (χ1n) is 6.17. The fraction of sp³-hybridized carbons (Fsp3) is 0.538. The Morgan fingerprint density at radius 2 is 1.65 bits per heavy atom. The summed E-state index contributed by atoms with van der Waals surface area (Å²) < 4.78 is 56.9. The van der Waals surface area contributed by atoms with Gasteiger partial charge in [0.15, 0.2) is 17.4 Å². The zero-order valence-corrected chi connectivity index (χ0v) is 11.2. The Bertz CT molecular complexity index is 428. The maximum Gasteiger partial charge on any atom is 0.203 e. The largest absolute Gasteiger partial charge is 0.485 e. The van der Waals surface area contributed by atoms with Gasteiger partial charge in [-0.05, 0) is 12.5 Å². The molecule has 0 saturated carbocycles. The van der Waals surface area contributed by atoms with Crippen LogP contribution in [-0.2, 0) is 0 Å². The third-order valence-corrected chi connectivity index (χ3v) is 2.42. The molecule has 0 aromatic heterocycles. The molecule has 0 aliphatic heterocycles. The van der Waals surface area contributed by atoms with Crippen LogP contribution in [0.5, 0.6) is 5.75 Å². The summed E-state index contributed by atoms with van der Waals surface area (Å²) in [5.74, 6) is -7.13. The van der Waals surface area contributed by atoms with E-state index in [0.717, 1.165) is 0 Å². The van der Waals surface area contributed by atoms with Gasteiger partial charge in [-0.3, -0.25) is 0 Å². The number of benzene rings is 1. The van der Waals surface area contributed by atoms with Crippen LogP contribution in [-0.4, -0.2) is 30.9 Å². The zero-order valence-electron chi connectivity index (χ0n) is 11.2. The minimum absolute atomic E-state index is 0.0954. The lowest BCUT2D eigenvalue weighted by Crippen LogP contribution is -2.33. The van der Waals surface area contributed by atoms with Crippen LogP contribution < -0.4 is 10.1 Å². The summed E-state index contributed by atoms with van der Waals surface area (Å²) in [6, 6.07) is 0.0954. The van der Waals surface area contributed by atoms with Crippen molar-refractivity contribution in [2.45, 2.75) is 20.0 Å². The van der Waals surface area contributed by atoms with Gasteiger partial charge in [0.05, 0.1) is 0 Å². The molecule has 1 aromatic carbocycles. The van der Waals surface area contributed by atoms with Crippen LogP contribution in [0.25, 0.3) is 0 Å². The standard InChI is InChI=1S/C13H17F4NO2/c1-7(2)4-18-5-8(19)6-20-13-11(16)9(14)3-10(15)12(13)17/h3,7-8,18-19H,4-6H2,1-2H3. The molecule has 0 spiro atoms. The normalized spacial score (nSPS) is 12.8. The number of hydrogen-bond acceptors (Lipinski definition) is 3. The Balaban J connectivity index is 2.57. The van der Waals surface area contributed by atoms with Crippen LogP contribution in [0.3, 0.4) is 0 Å². The van der Waals surface area contributed by atoms with Crippen molar-refractivity contribution >= 4 is 0 Å². The fourth-order valence-electron chi connectivity index (χ4n) is 1.46. The Labute approximate surface area is 114 Å². The van der Waals surface area contributed by atoms with Gasteiger partial charge in [0.25, 0.3) is 0 Å². The smallest absolute Gasteiger partial charge is 0.203 e. The topological polar surface area (TPSA) is 41.5 Å². The van der Waals surface area contributed by atoms with Gasteiger partial charge in [-0.2, -0.15) is 8.78 Å². The molecule has 1 atom stereocenters. The lowest BCUT2D eigenvalue weighted by atomic mass is 10.2. The molecule has 0 aliphatic carbocycles. The van der Waals surface area contributed by atoms with Crippen LogP contribution in [0.15, 0.2) is 6.07 Å². The van der Waals surface area contributed by atoms with E-state index in [1.165, 1.54) is 0 Å². The summed E-state index contributed by atoms with van der Waals surface area (Å²) in [4.78, 5) is 0. The average Bonchev–Trinajstić information content (AvgIpc) is 2.36. The second-order valence-electron chi connectivity index (χ2n) is 4.81. The van der Waals surface area contributed by atoms with E-state index in [1.807, 2.05) is 13.8 Å². The monoisotopic (exact) mass is 295 g/mol. The van der Waals surface area contributed by atoms with Crippen LogP contribution in [0.4, 0.5) is 17.6 Å². The molecule has 114 valence electrons. The van der Waals surface area contributed by atoms with Gasteiger partial charge in [-0.15, -0.1) is 0 Å². The predicted molar refractivity (Wildman–Crippen MR) is 65.5 cm³/mol. The van der Waals surface area contributed by atoms with Crippen LogP contribution in [0, 0.1) is 29.2 Å². The minimum Gasteiger partial charge on any atom is -0.485 e. The first kappa shape index (κ1) is 16.7. The summed E-state index contributed by atoms with van der Waals surface area (Å²) in [6.45, 7) is 4.24. The summed E-state index contributed by atoms with van der Waals surface area (Å²) in [6.07, 6.45) is -1.06. The molecular formula is C13H17F4NO2. The molecule has 0 bridgehead atoms. The van der Waals surface area contributed by atoms with Crippen molar-refractivity contribution < 1.29 is 27.4 Å². The molecule has 0 fully saturated rings. The van der Waals surface area contributed by atoms with Crippen molar-refractivity contribution in [1.29, 1.82) is 0 Å². The van der Waals surface area contributed by atoms with Crippen molar-refractivity contribution in [1.82, 2.24) is 5.32 Å². The lowest BCUT2D eigenvalue weighted by Gasteiger charge is -2.15. The van der Waals surface area contributed by atoms with Gasteiger partial charge in [-0.1, -0.05) is 13.8 Å². The first-order valence-corrected chi connectivity index (χ1v) is 6.17. The van der Waals surface area contributed by atoms with Gasteiger partial charge >= 0.3 is 0 Å². The molecular weight excluding hydrogens is 278 g/mol. The molecule has 0 amide bonds. The highest BCUT2D eigenvalue weighted by Crippen LogP contribution is 2.26. The Morgan fingerprint density at radius 3 is 2.15 bits per heavy atom. The Kier molecular flexibility index (Phi) is 6.22. The van der Waals surface area contributed by atoms with Crippen LogP contribution in [0.1, 0.15) is 13.8 Å². The third-order valence-electron chi connectivity index (χ3n) is 2.42. The lowest BCUT2D eigenvalue weighted by molar-refractivity contribution is 0.0997. The second-order valence-corrected chi connectivity index (χ2v) is 4.81. The maximum absolute atomic E-state index is 13.2. The Morgan fingerprint density at radius 1 is 1.10 bits per heavy atom. The number of aliphatic hydroxyl groups is 1. The minimum atomic E-state index is -1.62. The SMILES string of the molecule is CC(C)CNCC(O)COc1c(F)c(F)cc(F)c1F. The summed E-state index contributed by atoms with van der Waals surface area (Å²) >= 11 is 0. The molecule has 2 N–H and O–H groups in total. The van der Waals surface area contributed by atoms with Gasteiger partial charge in [0.2, 0.25) is 11.6 Å². The second kappa shape index (κ2) is 7.44. The highest BCUT2D eigenvalue weighted by atomic mass is 19.2. The van der Waals surface area contributed by atoms with E-state index in [2.05, 4.69) is 10.1 Å². The van der Waals surface area contributed by atoms with Crippen LogP contribution >= 0.6 is 0 Å². The van der Waals surface area contributed by atoms with Crippen molar-refractivity contribution in [2.75, 3.05) is 19.7 Å². The van der Waals surface area contributed by atoms with Crippen LogP contribution in [0.2, 0.25) is 0 Å². The van der Waals surface area contributed by atoms with Gasteiger partial charge in [0.1, 0.15) is 12.7 Å². The van der Waals surface area contributed by atoms with Crippen molar-refractivity contribution in [2.24, 2.45) is 5.92 Å². The van der Waals surface area contributed by atoms with Gasteiger partial charge in [-0.25, -0.2) is 8.78 Å². The zero-order chi connectivity index (χ0) is 15.3. The predicted octanol–water partition coefficient (Wildman–Crippen LogP) is 2.23. The number of aliphatic hydroxyl groups excluding tert-OH is 1. The van der Waals surface area contributed by atoms with E-state index in [4.69, 9.17) is 0 Å². The number of rotatable bonds is 7. The number of halogens is 4. The first-order chi connectivity index (χ1) is 9.32. The highest BCUT2D eigenvalue weighted by molar-refractivity contribution is 5.28. The Hall–Kier alpha value is -1.34. The molecule has 1 rings (SSSR count). The van der Waals surface area contributed by atoms with E-state index < -0.39 is 41.7 Å². The molecule has 7 heteroatoms. The van der Waals surface area contributed by atoms with E-state index in [1.54, 1.807) is 0 Å². The van der Waals surface area contributed by atoms with E-state index in [-0.39, 0.29) is 12.6 Å². The third kappa shape index (κ3) is 4.64. The average molecular weight is 295 g/mol. The number of ether oxygens (including phenoxy) is 1. The molecule has 0 heterocycles. The molecule has 3 nitrogen and oxygen atoms in total. The number of nitrogens with one attached hydrogen (secondary N) is 1. The highest BCUT2D eigenvalue weighted by Gasteiger charge is 2.21. The van der Waals surface area contributed by atoms with Gasteiger partial charge in [0, 0.05) is 12.6 Å². The van der Waals surface area contributed by atoms with E-state index >= 15 is 0 Å². The van der Waals surface area contributed by atoms with E-state index in [0.29, 0.717) is 12.5 Å². The summed E-state index contributed by atoms with van der Waals surface area (Å²) in [7, 11) is 0. The maximum atomic E-state index is 13.2. The molecule has 0 radical (unpaired) electrons. The molecule has 20 heavy (non-hydrogen) atoms. The van der Waals surface area contributed by atoms with E-state index in [9.17, 15) is 22.7 Å². The quantitative estimate of drug-likeness (QED) is 0.599. The van der Waals surface area contributed by atoms with Crippen molar-refractivity contribution in [3.63, 3.8) is 0 Å². The molecule has 0 saturated heterocycles. The van der Waals surface area contributed by atoms with Crippen molar-refractivity contribution in [3.05, 3.63) is 29.3 Å². The number of hydrogen-bond donors (Lipinski definition) is 2. The van der Waals surface area contributed by atoms with Crippen molar-refractivity contribution in [3.8, 4) is 5.75 Å². The molecule has 1 unspecified atom stereocenters. The fourth-order valence-corrected chi connectivity index (χ4v) is 1.46. The molecule has 0 aliphatic rings. The molecule has 1 aromatic rings. The summed E-state index contributed by atoms with van der Waals surface area (Å²) in [5.41, 5.74) is 0. The van der Waals surface area contributed by atoms with Gasteiger partial charge < -0.3 is 15.2 Å².